The van der Waals surface area contributed by atoms with Gasteiger partial charge in [-0.15, -0.1) is 0 Å². The van der Waals surface area contributed by atoms with Crippen LogP contribution in [0.4, 0.5) is 4.79 Å². The van der Waals surface area contributed by atoms with Crippen LogP contribution in [-0.2, 0) is 14.3 Å². The first-order valence-electron chi connectivity index (χ1n) is 9.93. The molecule has 0 fully saturated rings. The number of rotatable bonds is 6. The Kier molecular flexibility index (Phi) is 8.47. The Labute approximate surface area is 179 Å². The lowest BCUT2D eigenvalue weighted by molar-refractivity contribution is -0.138. The van der Waals surface area contributed by atoms with Crippen LogP contribution in [0, 0.1) is 26.3 Å². The zero-order valence-corrected chi connectivity index (χ0v) is 19.1. The summed E-state index contributed by atoms with van der Waals surface area (Å²) < 4.78 is 5.19. The van der Waals surface area contributed by atoms with E-state index in [4.69, 9.17) is 11.2 Å². The summed E-state index contributed by atoms with van der Waals surface area (Å²) in [4.78, 5) is 39.1. The van der Waals surface area contributed by atoms with Crippen LogP contribution in [0.25, 0.3) is 0 Å². The van der Waals surface area contributed by atoms with Gasteiger partial charge in [-0.25, -0.2) is 4.79 Å². The Morgan fingerprint density at radius 3 is 2.13 bits per heavy atom. The Morgan fingerprint density at radius 2 is 1.67 bits per heavy atom. The smallest absolute Gasteiger partial charge is 0.408 e. The van der Waals surface area contributed by atoms with Crippen molar-refractivity contribution in [1.82, 2.24) is 15.5 Å². The molecule has 0 bridgehead atoms. The van der Waals surface area contributed by atoms with E-state index < -0.39 is 35.6 Å². The van der Waals surface area contributed by atoms with Crippen LogP contribution in [0.5, 0.6) is 0 Å². The van der Waals surface area contributed by atoms with Crippen molar-refractivity contribution in [2.75, 3.05) is 0 Å². The molecule has 0 aromatic heterocycles. The van der Waals surface area contributed by atoms with Gasteiger partial charge in [-0.2, -0.15) is 0 Å². The lowest BCUT2D eigenvalue weighted by Gasteiger charge is -2.30. The number of ether oxygens (including phenoxy) is 1. The molecule has 7 nitrogen and oxygen atoms in total. The second kappa shape index (κ2) is 10.1. The number of hydrogen-bond acceptors (Lipinski definition) is 4. The van der Waals surface area contributed by atoms with Gasteiger partial charge in [0.25, 0.3) is 5.91 Å². The molecule has 3 amide bonds. The van der Waals surface area contributed by atoms with Gasteiger partial charge in [0.2, 0.25) is 5.91 Å². The van der Waals surface area contributed by atoms with Gasteiger partial charge in [0.05, 0.1) is 0 Å². The number of carbonyl (C=O) groups is 3. The van der Waals surface area contributed by atoms with E-state index >= 15 is 0 Å². The number of amides is 3. The SMILES string of the molecule is C#CN(C(=O)C(C)NC(=O)OC(C)(C)C)C(C(=O)NC(C)C)c1ccc(C)c(C)c1. The fourth-order valence-electron chi connectivity index (χ4n) is 2.74. The standard InChI is InChI=1S/C23H33N3O4/c1-10-26(21(28)17(6)25-22(29)30-23(7,8)9)19(20(27)24-14(2)3)18-12-11-15(4)16(5)13-18/h1,11-14,17,19H,2-9H3,(H,24,27)(H,25,29). The van der Waals surface area contributed by atoms with Crippen molar-refractivity contribution < 1.29 is 19.1 Å². The van der Waals surface area contributed by atoms with E-state index in [9.17, 15) is 14.4 Å². The Balaban J connectivity index is 3.23. The van der Waals surface area contributed by atoms with Gasteiger partial charge >= 0.3 is 6.09 Å². The van der Waals surface area contributed by atoms with Crippen molar-refractivity contribution in [1.29, 1.82) is 0 Å². The van der Waals surface area contributed by atoms with E-state index in [-0.39, 0.29) is 6.04 Å². The minimum absolute atomic E-state index is 0.140. The Bertz CT molecular complexity index is 834. The summed E-state index contributed by atoms with van der Waals surface area (Å²) in [5.41, 5.74) is 1.91. The minimum atomic E-state index is -1.04. The van der Waals surface area contributed by atoms with E-state index in [1.54, 1.807) is 26.8 Å². The highest BCUT2D eigenvalue weighted by atomic mass is 16.6. The largest absolute Gasteiger partial charge is 0.444 e. The predicted molar refractivity (Wildman–Crippen MR) is 116 cm³/mol. The molecule has 2 unspecified atom stereocenters. The fourth-order valence-corrected chi connectivity index (χ4v) is 2.74. The molecular formula is C23H33N3O4. The van der Waals surface area contributed by atoms with Gasteiger partial charge in [0.1, 0.15) is 17.7 Å². The second-order valence-corrected chi connectivity index (χ2v) is 8.61. The van der Waals surface area contributed by atoms with Gasteiger partial charge in [-0.1, -0.05) is 24.6 Å². The minimum Gasteiger partial charge on any atom is -0.444 e. The van der Waals surface area contributed by atoms with Gasteiger partial charge in [-0.05, 0) is 72.1 Å². The highest BCUT2D eigenvalue weighted by molar-refractivity contribution is 5.93. The number of terminal acetylenes is 1. The van der Waals surface area contributed by atoms with Crippen LogP contribution in [0.3, 0.4) is 0 Å². The van der Waals surface area contributed by atoms with Crippen LogP contribution in [0.1, 0.15) is 64.3 Å². The van der Waals surface area contributed by atoms with Crippen LogP contribution in [0.2, 0.25) is 0 Å². The predicted octanol–water partition coefficient (Wildman–Crippen LogP) is 3.20. The summed E-state index contributed by atoms with van der Waals surface area (Å²) in [6.45, 7) is 14.2. The average Bonchev–Trinajstić information content (AvgIpc) is 2.59. The van der Waals surface area contributed by atoms with Crippen LogP contribution in [0.15, 0.2) is 18.2 Å². The fraction of sp³-hybridized carbons (Fsp3) is 0.522. The number of carbonyl (C=O) groups excluding carboxylic acids is 3. The van der Waals surface area contributed by atoms with Gasteiger partial charge in [-0.3, -0.25) is 14.5 Å². The molecule has 7 heteroatoms. The van der Waals surface area contributed by atoms with Gasteiger partial charge in [0.15, 0.2) is 0 Å². The topological polar surface area (TPSA) is 87.7 Å². The first-order chi connectivity index (χ1) is 13.8. The zero-order chi connectivity index (χ0) is 23.2. The third-order valence-corrected chi connectivity index (χ3v) is 4.26. The summed E-state index contributed by atoms with van der Waals surface area (Å²) in [6.07, 6.45) is 4.91. The first kappa shape index (κ1) is 25.0. The van der Waals surface area contributed by atoms with E-state index in [0.29, 0.717) is 5.56 Å². The van der Waals surface area contributed by atoms with Crippen molar-refractivity contribution in [3.05, 3.63) is 34.9 Å². The summed E-state index contributed by atoms with van der Waals surface area (Å²) in [7, 11) is 0. The van der Waals surface area contributed by atoms with E-state index in [1.165, 1.54) is 6.92 Å². The summed E-state index contributed by atoms with van der Waals surface area (Å²) in [6, 6.07) is 5.65. The van der Waals surface area contributed by atoms with E-state index in [1.807, 2.05) is 39.8 Å². The summed E-state index contributed by atoms with van der Waals surface area (Å²) in [5.74, 6) is -0.991. The molecule has 0 aliphatic carbocycles. The molecule has 0 aliphatic rings. The maximum Gasteiger partial charge on any atom is 0.408 e. The summed E-state index contributed by atoms with van der Waals surface area (Å²) >= 11 is 0. The van der Waals surface area contributed by atoms with Crippen molar-refractivity contribution in [2.24, 2.45) is 0 Å². The van der Waals surface area contributed by atoms with Crippen molar-refractivity contribution in [3.8, 4) is 12.5 Å². The van der Waals surface area contributed by atoms with Gasteiger partial charge in [0, 0.05) is 12.1 Å². The lowest BCUT2D eigenvalue weighted by atomic mass is 9.98. The molecule has 2 atom stereocenters. The van der Waals surface area contributed by atoms with Crippen molar-refractivity contribution in [3.63, 3.8) is 0 Å². The molecule has 1 aromatic rings. The van der Waals surface area contributed by atoms with Gasteiger partial charge < -0.3 is 15.4 Å². The second-order valence-electron chi connectivity index (χ2n) is 8.61. The lowest BCUT2D eigenvalue weighted by Crippen LogP contribution is -2.50. The number of aryl methyl sites for hydroxylation is 2. The van der Waals surface area contributed by atoms with E-state index in [0.717, 1.165) is 16.0 Å². The monoisotopic (exact) mass is 415 g/mol. The molecule has 30 heavy (non-hydrogen) atoms. The van der Waals surface area contributed by atoms with Crippen molar-refractivity contribution in [2.45, 2.75) is 79.1 Å². The van der Waals surface area contributed by atoms with E-state index in [2.05, 4.69) is 16.7 Å². The highest BCUT2D eigenvalue weighted by Gasteiger charge is 2.34. The normalized spacial score (nSPS) is 13.1. The number of alkyl carbamates (subject to hydrolysis) is 1. The maximum absolute atomic E-state index is 13.1. The molecule has 164 valence electrons. The molecule has 1 aromatic carbocycles. The number of benzene rings is 1. The number of nitrogens with one attached hydrogen (secondary N) is 2. The number of hydrogen-bond donors (Lipinski definition) is 2. The molecule has 1 rings (SSSR count). The summed E-state index contributed by atoms with van der Waals surface area (Å²) in [5, 5.41) is 5.29. The third kappa shape index (κ3) is 7.11. The molecule has 0 spiro atoms. The molecule has 0 saturated carbocycles. The molecule has 0 radical (unpaired) electrons. The Hall–Kier alpha value is -3.01. The molecular weight excluding hydrogens is 382 g/mol. The van der Waals surface area contributed by atoms with Crippen molar-refractivity contribution >= 4 is 17.9 Å². The third-order valence-electron chi connectivity index (χ3n) is 4.26. The first-order valence-corrected chi connectivity index (χ1v) is 9.93. The Morgan fingerprint density at radius 1 is 1.07 bits per heavy atom. The zero-order valence-electron chi connectivity index (χ0n) is 19.1. The van der Waals surface area contributed by atoms with Crippen LogP contribution in [-0.4, -0.2) is 40.5 Å². The quantitative estimate of drug-likeness (QED) is 0.552. The molecule has 0 aliphatic heterocycles. The van der Waals surface area contributed by atoms with Crippen LogP contribution < -0.4 is 10.6 Å². The number of nitrogens with zero attached hydrogens (tertiary/aromatic N) is 1. The molecule has 0 heterocycles. The molecule has 0 saturated heterocycles. The molecule has 2 N–H and O–H groups in total. The highest BCUT2D eigenvalue weighted by Crippen LogP contribution is 2.24. The maximum atomic E-state index is 13.1. The average molecular weight is 416 g/mol. The van der Waals surface area contributed by atoms with Crippen LogP contribution >= 0.6 is 0 Å².